The Morgan fingerprint density at radius 3 is 2.36 bits per heavy atom. The fourth-order valence-electron chi connectivity index (χ4n) is 2.89. The highest BCUT2D eigenvalue weighted by molar-refractivity contribution is 7.84. The molecule has 0 saturated heterocycles. The summed E-state index contributed by atoms with van der Waals surface area (Å²) in [5.74, 6) is 1.73. The normalized spacial score (nSPS) is 23.2. The first kappa shape index (κ1) is 17.2. The monoisotopic (exact) mass is 321 g/mol. The fourth-order valence-corrected chi connectivity index (χ4v) is 3.80. The highest BCUT2D eigenvalue weighted by Crippen LogP contribution is 2.48. The SMILES string of the molecule is CC(C)c1ccc([C@@H]2C[C@@H]2C(=O)N(C)[C@H](C)C[S@](C)=O)cc1. The molecule has 2 rings (SSSR count). The molecule has 0 unspecified atom stereocenters. The van der Waals surface area contributed by atoms with Crippen LogP contribution in [0.15, 0.2) is 24.3 Å². The Balaban J connectivity index is 1.96. The minimum Gasteiger partial charge on any atom is -0.342 e. The molecule has 1 amide bonds. The summed E-state index contributed by atoms with van der Waals surface area (Å²) in [6.45, 7) is 6.34. The van der Waals surface area contributed by atoms with Crippen molar-refractivity contribution in [2.75, 3.05) is 19.1 Å². The maximum Gasteiger partial charge on any atom is 0.226 e. The highest BCUT2D eigenvalue weighted by Gasteiger charge is 2.45. The predicted molar refractivity (Wildman–Crippen MR) is 92.5 cm³/mol. The van der Waals surface area contributed by atoms with Crippen molar-refractivity contribution < 1.29 is 9.00 Å². The summed E-state index contributed by atoms with van der Waals surface area (Å²) in [7, 11) is 0.959. The van der Waals surface area contributed by atoms with Gasteiger partial charge in [-0.05, 0) is 36.3 Å². The zero-order valence-corrected chi connectivity index (χ0v) is 15.0. The summed E-state index contributed by atoms with van der Waals surface area (Å²) in [5.41, 5.74) is 2.60. The first-order valence-corrected chi connectivity index (χ1v) is 9.70. The maximum atomic E-state index is 12.5. The molecule has 0 bridgehead atoms. The molecule has 0 N–H and O–H groups in total. The lowest BCUT2D eigenvalue weighted by Gasteiger charge is -2.24. The molecule has 1 aliphatic carbocycles. The topological polar surface area (TPSA) is 37.4 Å². The highest BCUT2D eigenvalue weighted by atomic mass is 32.2. The summed E-state index contributed by atoms with van der Waals surface area (Å²) >= 11 is 0. The smallest absolute Gasteiger partial charge is 0.226 e. The van der Waals surface area contributed by atoms with Gasteiger partial charge in [0.1, 0.15) is 0 Å². The molecule has 1 aliphatic rings. The van der Waals surface area contributed by atoms with Crippen LogP contribution in [0.25, 0.3) is 0 Å². The van der Waals surface area contributed by atoms with E-state index in [4.69, 9.17) is 0 Å². The number of rotatable bonds is 6. The zero-order chi connectivity index (χ0) is 16.4. The van der Waals surface area contributed by atoms with Crippen LogP contribution in [0.4, 0.5) is 0 Å². The van der Waals surface area contributed by atoms with Crippen molar-refractivity contribution in [1.82, 2.24) is 4.90 Å². The van der Waals surface area contributed by atoms with Gasteiger partial charge in [-0.25, -0.2) is 0 Å². The zero-order valence-electron chi connectivity index (χ0n) is 14.2. The van der Waals surface area contributed by atoms with Gasteiger partial charge in [0, 0.05) is 41.8 Å². The van der Waals surface area contributed by atoms with Crippen molar-refractivity contribution in [3.05, 3.63) is 35.4 Å². The quantitative estimate of drug-likeness (QED) is 0.807. The molecule has 0 radical (unpaired) electrons. The molecule has 1 fully saturated rings. The third kappa shape index (κ3) is 3.97. The average Bonchev–Trinajstić information content (AvgIpc) is 3.25. The van der Waals surface area contributed by atoms with Gasteiger partial charge >= 0.3 is 0 Å². The van der Waals surface area contributed by atoms with Gasteiger partial charge in [-0.15, -0.1) is 0 Å². The summed E-state index contributed by atoms with van der Waals surface area (Å²) in [5, 5.41) is 0. The minimum absolute atomic E-state index is 0.0305. The van der Waals surface area contributed by atoms with Gasteiger partial charge in [-0.1, -0.05) is 38.1 Å². The van der Waals surface area contributed by atoms with Gasteiger partial charge in [-0.3, -0.25) is 9.00 Å². The van der Waals surface area contributed by atoms with Crippen LogP contribution in [0.2, 0.25) is 0 Å². The van der Waals surface area contributed by atoms with E-state index in [1.807, 2.05) is 14.0 Å². The van der Waals surface area contributed by atoms with Gasteiger partial charge in [0.05, 0.1) is 0 Å². The molecule has 1 saturated carbocycles. The number of hydrogen-bond acceptors (Lipinski definition) is 2. The van der Waals surface area contributed by atoms with Crippen molar-refractivity contribution in [3.8, 4) is 0 Å². The van der Waals surface area contributed by atoms with Crippen molar-refractivity contribution >= 4 is 16.7 Å². The van der Waals surface area contributed by atoms with E-state index in [1.165, 1.54) is 11.1 Å². The molecule has 0 aromatic heterocycles. The molecule has 0 spiro atoms. The van der Waals surface area contributed by atoms with E-state index in [9.17, 15) is 9.00 Å². The maximum absolute atomic E-state index is 12.5. The van der Waals surface area contributed by atoms with Gasteiger partial charge in [-0.2, -0.15) is 0 Å². The van der Waals surface area contributed by atoms with Crippen LogP contribution >= 0.6 is 0 Å². The standard InChI is InChI=1S/C18H27NO2S/c1-12(2)14-6-8-15(9-7-14)16-10-17(16)18(20)19(4)13(3)11-22(5)21/h6-9,12-13,16-17H,10-11H2,1-5H3/t13-,16+,17+,22+/m1/s1. The van der Waals surface area contributed by atoms with Crippen LogP contribution in [0.5, 0.6) is 0 Å². The minimum atomic E-state index is -0.871. The molecule has 0 aliphatic heterocycles. The van der Waals surface area contributed by atoms with Gasteiger partial charge in [0.15, 0.2) is 0 Å². The molecular formula is C18H27NO2S. The Hall–Kier alpha value is -1.16. The second-order valence-corrected chi connectivity index (χ2v) is 8.29. The van der Waals surface area contributed by atoms with Gasteiger partial charge in [0.25, 0.3) is 0 Å². The summed E-state index contributed by atoms with van der Waals surface area (Å²) < 4.78 is 11.3. The van der Waals surface area contributed by atoms with Crippen LogP contribution in [0, 0.1) is 5.92 Å². The Morgan fingerprint density at radius 1 is 1.27 bits per heavy atom. The van der Waals surface area contributed by atoms with Crippen molar-refractivity contribution in [2.24, 2.45) is 5.92 Å². The molecule has 22 heavy (non-hydrogen) atoms. The molecule has 4 heteroatoms. The molecule has 122 valence electrons. The van der Waals surface area contributed by atoms with E-state index in [-0.39, 0.29) is 17.9 Å². The van der Waals surface area contributed by atoms with Crippen molar-refractivity contribution in [1.29, 1.82) is 0 Å². The van der Waals surface area contributed by atoms with E-state index in [2.05, 4.69) is 38.1 Å². The molecular weight excluding hydrogens is 294 g/mol. The second kappa shape index (κ2) is 6.95. The number of benzene rings is 1. The van der Waals surface area contributed by atoms with E-state index in [1.54, 1.807) is 11.2 Å². The number of carbonyl (C=O) groups excluding carboxylic acids is 1. The second-order valence-electron chi connectivity index (χ2n) is 6.81. The van der Waals surface area contributed by atoms with Crippen molar-refractivity contribution in [3.63, 3.8) is 0 Å². The van der Waals surface area contributed by atoms with Crippen molar-refractivity contribution in [2.45, 2.75) is 45.1 Å². The Morgan fingerprint density at radius 2 is 1.86 bits per heavy atom. The Kier molecular flexibility index (Phi) is 5.43. The first-order valence-electron chi connectivity index (χ1n) is 7.97. The Labute approximate surface area is 136 Å². The third-order valence-corrected chi connectivity index (χ3v) is 5.58. The van der Waals surface area contributed by atoms with E-state index >= 15 is 0 Å². The average molecular weight is 321 g/mol. The first-order chi connectivity index (χ1) is 10.3. The molecule has 1 aromatic rings. The number of hydrogen-bond donors (Lipinski definition) is 0. The summed E-state index contributed by atoms with van der Waals surface area (Å²) in [6, 6.07) is 8.71. The fraction of sp³-hybridized carbons (Fsp3) is 0.611. The Bertz CT molecular complexity index is 553. The largest absolute Gasteiger partial charge is 0.342 e. The third-order valence-electron chi connectivity index (χ3n) is 4.62. The lowest BCUT2D eigenvalue weighted by molar-refractivity contribution is -0.132. The van der Waals surface area contributed by atoms with Crippen LogP contribution in [-0.4, -0.2) is 40.1 Å². The van der Waals surface area contributed by atoms with E-state index in [0.29, 0.717) is 17.6 Å². The molecule has 0 heterocycles. The number of amides is 1. The molecule has 1 aromatic carbocycles. The van der Waals surface area contributed by atoms with Crippen LogP contribution in [-0.2, 0) is 15.6 Å². The predicted octanol–water partition coefficient (Wildman–Crippen LogP) is 3.14. The lowest BCUT2D eigenvalue weighted by Crippen LogP contribution is -2.39. The van der Waals surface area contributed by atoms with Crippen LogP contribution < -0.4 is 0 Å². The molecule has 3 nitrogen and oxygen atoms in total. The van der Waals surface area contributed by atoms with Gasteiger partial charge < -0.3 is 4.90 Å². The number of carbonyl (C=O) groups is 1. The molecule has 4 atom stereocenters. The summed E-state index contributed by atoms with van der Waals surface area (Å²) in [6.07, 6.45) is 2.62. The van der Waals surface area contributed by atoms with E-state index in [0.717, 1.165) is 6.42 Å². The number of nitrogens with zero attached hydrogens (tertiary/aromatic N) is 1. The van der Waals surface area contributed by atoms with Gasteiger partial charge in [0.2, 0.25) is 5.91 Å². The lowest BCUT2D eigenvalue weighted by atomic mass is 10.00. The summed E-state index contributed by atoms with van der Waals surface area (Å²) in [4.78, 5) is 14.3. The van der Waals surface area contributed by atoms with Crippen LogP contribution in [0.3, 0.4) is 0 Å². The van der Waals surface area contributed by atoms with E-state index < -0.39 is 10.8 Å². The van der Waals surface area contributed by atoms with Crippen LogP contribution in [0.1, 0.15) is 50.2 Å².